The predicted octanol–water partition coefficient (Wildman–Crippen LogP) is 4.28. The Bertz CT molecular complexity index is 575. The molecule has 0 unspecified atom stereocenters. The molecule has 2 rings (SSSR count). The van der Waals surface area contributed by atoms with Crippen molar-refractivity contribution in [3.05, 3.63) is 57.5 Å². The molecule has 0 radical (unpaired) electrons. The number of hydrogen-bond donors (Lipinski definition) is 1. The minimum Gasteiger partial charge on any atom is -0.496 e. The Labute approximate surface area is 138 Å². The summed E-state index contributed by atoms with van der Waals surface area (Å²) in [5, 5.41) is 4.00. The molecule has 5 heteroatoms. The quantitative estimate of drug-likeness (QED) is 0.738. The lowest BCUT2D eigenvalue weighted by atomic mass is 10.2. The second-order valence-electron chi connectivity index (χ2n) is 4.40. The van der Waals surface area contributed by atoms with Crippen molar-refractivity contribution < 1.29 is 9.47 Å². The molecular formula is C16H17BrClNO2. The molecule has 0 heterocycles. The zero-order valence-electron chi connectivity index (χ0n) is 11.7. The van der Waals surface area contributed by atoms with E-state index in [2.05, 4.69) is 21.2 Å². The molecule has 0 aromatic heterocycles. The lowest BCUT2D eigenvalue weighted by molar-refractivity contribution is 0.313. The van der Waals surface area contributed by atoms with Crippen LogP contribution in [0.2, 0.25) is 5.02 Å². The number of nitrogens with one attached hydrogen (secondary N) is 1. The third-order valence-corrected chi connectivity index (χ3v) is 3.84. The molecule has 112 valence electrons. The molecule has 21 heavy (non-hydrogen) atoms. The Morgan fingerprint density at radius 1 is 1.14 bits per heavy atom. The van der Waals surface area contributed by atoms with Gasteiger partial charge in [0.2, 0.25) is 0 Å². The van der Waals surface area contributed by atoms with Crippen LogP contribution in [0.3, 0.4) is 0 Å². The highest BCUT2D eigenvalue weighted by molar-refractivity contribution is 9.10. The molecule has 2 aromatic carbocycles. The van der Waals surface area contributed by atoms with Crippen LogP contribution in [0.25, 0.3) is 0 Å². The van der Waals surface area contributed by atoms with Crippen molar-refractivity contribution in [2.45, 2.75) is 6.54 Å². The smallest absolute Gasteiger partial charge is 0.124 e. The number of halogens is 2. The van der Waals surface area contributed by atoms with E-state index in [0.717, 1.165) is 28.1 Å². The zero-order chi connectivity index (χ0) is 15.1. The summed E-state index contributed by atoms with van der Waals surface area (Å²) >= 11 is 9.57. The largest absolute Gasteiger partial charge is 0.496 e. The van der Waals surface area contributed by atoms with Crippen LogP contribution in [0, 0.1) is 0 Å². The molecule has 0 saturated carbocycles. The van der Waals surface area contributed by atoms with Gasteiger partial charge >= 0.3 is 0 Å². The van der Waals surface area contributed by atoms with Gasteiger partial charge < -0.3 is 14.8 Å². The molecule has 1 N–H and O–H groups in total. The fourth-order valence-electron chi connectivity index (χ4n) is 1.89. The van der Waals surface area contributed by atoms with Crippen molar-refractivity contribution in [3.8, 4) is 11.5 Å². The second kappa shape index (κ2) is 8.27. The van der Waals surface area contributed by atoms with Gasteiger partial charge in [-0.1, -0.05) is 33.6 Å². The molecule has 2 aromatic rings. The molecule has 0 bridgehead atoms. The third-order valence-electron chi connectivity index (χ3n) is 2.96. The van der Waals surface area contributed by atoms with E-state index in [-0.39, 0.29) is 0 Å². The van der Waals surface area contributed by atoms with E-state index in [1.807, 2.05) is 42.5 Å². The molecule has 0 aliphatic heterocycles. The number of ether oxygens (including phenoxy) is 2. The summed E-state index contributed by atoms with van der Waals surface area (Å²) in [6.07, 6.45) is 0. The maximum absolute atomic E-state index is 6.18. The van der Waals surface area contributed by atoms with Crippen LogP contribution in [0.15, 0.2) is 46.9 Å². The Morgan fingerprint density at radius 2 is 1.90 bits per heavy atom. The summed E-state index contributed by atoms with van der Waals surface area (Å²) in [6, 6.07) is 13.4. The Hall–Kier alpha value is -1.23. The van der Waals surface area contributed by atoms with Crippen molar-refractivity contribution in [2.75, 3.05) is 20.3 Å². The monoisotopic (exact) mass is 369 g/mol. The van der Waals surface area contributed by atoms with Crippen LogP contribution in [0.1, 0.15) is 5.56 Å². The van der Waals surface area contributed by atoms with Gasteiger partial charge in [-0.2, -0.15) is 0 Å². The van der Waals surface area contributed by atoms with Gasteiger partial charge in [0.25, 0.3) is 0 Å². The predicted molar refractivity (Wildman–Crippen MR) is 89.3 cm³/mol. The molecular weight excluding hydrogens is 354 g/mol. The lowest BCUT2D eigenvalue weighted by Gasteiger charge is -2.12. The van der Waals surface area contributed by atoms with E-state index in [1.54, 1.807) is 7.11 Å². The summed E-state index contributed by atoms with van der Waals surface area (Å²) in [5.41, 5.74) is 0.963. The molecule has 0 aliphatic carbocycles. The van der Waals surface area contributed by atoms with E-state index < -0.39 is 0 Å². The molecule has 0 aliphatic rings. The highest BCUT2D eigenvalue weighted by Gasteiger charge is 2.06. The standard InChI is InChI=1S/C16H17BrClNO2/c1-20-16-4-2-3-15(18)14(16)11-19-9-10-21-13-7-5-12(17)6-8-13/h2-8,19H,9-11H2,1H3. The summed E-state index contributed by atoms with van der Waals surface area (Å²) < 4.78 is 12.0. The highest BCUT2D eigenvalue weighted by Crippen LogP contribution is 2.25. The van der Waals surface area contributed by atoms with Gasteiger partial charge in [0.15, 0.2) is 0 Å². The third kappa shape index (κ3) is 4.92. The van der Waals surface area contributed by atoms with Crippen LogP contribution in [0.4, 0.5) is 0 Å². The second-order valence-corrected chi connectivity index (χ2v) is 5.72. The van der Waals surface area contributed by atoms with Gasteiger partial charge in [0.05, 0.1) is 7.11 Å². The summed E-state index contributed by atoms with van der Waals surface area (Å²) in [6.45, 7) is 1.96. The van der Waals surface area contributed by atoms with Gasteiger partial charge in [-0.05, 0) is 36.4 Å². The number of methoxy groups -OCH3 is 1. The van der Waals surface area contributed by atoms with Crippen molar-refractivity contribution in [2.24, 2.45) is 0 Å². The van der Waals surface area contributed by atoms with E-state index in [4.69, 9.17) is 21.1 Å². The van der Waals surface area contributed by atoms with Crippen molar-refractivity contribution in [1.29, 1.82) is 0 Å². The Morgan fingerprint density at radius 3 is 2.62 bits per heavy atom. The first kappa shape index (κ1) is 16.1. The van der Waals surface area contributed by atoms with Crippen molar-refractivity contribution in [3.63, 3.8) is 0 Å². The minimum atomic E-state index is 0.592. The Kier molecular flexibility index (Phi) is 6.36. The Balaban J connectivity index is 1.76. The minimum absolute atomic E-state index is 0.592. The molecule has 0 fully saturated rings. The normalized spacial score (nSPS) is 10.4. The zero-order valence-corrected chi connectivity index (χ0v) is 14.1. The summed E-state index contributed by atoms with van der Waals surface area (Å²) in [4.78, 5) is 0. The number of benzene rings is 2. The van der Waals surface area contributed by atoms with Crippen LogP contribution in [-0.2, 0) is 6.54 Å². The van der Waals surface area contributed by atoms with E-state index in [0.29, 0.717) is 18.2 Å². The van der Waals surface area contributed by atoms with E-state index in [9.17, 15) is 0 Å². The van der Waals surface area contributed by atoms with Crippen molar-refractivity contribution in [1.82, 2.24) is 5.32 Å². The maximum atomic E-state index is 6.18. The average Bonchev–Trinajstić information content (AvgIpc) is 2.50. The highest BCUT2D eigenvalue weighted by atomic mass is 79.9. The van der Waals surface area contributed by atoms with Gasteiger partial charge in [0.1, 0.15) is 18.1 Å². The van der Waals surface area contributed by atoms with Crippen LogP contribution in [-0.4, -0.2) is 20.3 Å². The average molecular weight is 371 g/mol. The van der Waals surface area contributed by atoms with Crippen LogP contribution >= 0.6 is 27.5 Å². The molecule has 0 amide bonds. The SMILES string of the molecule is COc1cccc(Cl)c1CNCCOc1ccc(Br)cc1. The summed E-state index contributed by atoms with van der Waals surface area (Å²) in [7, 11) is 1.64. The number of rotatable bonds is 7. The molecule has 0 saturated heterocycles. The van der Waals surface area contributed by atoms with Gasteiger partial charge in [0, 0.05) is 28.1 Å². The first-order valence-electron chi connectivity index (χ1n) is 6.61. The van der Waals surface area contributed by atoms with E-state index >= 15 is 0 Å². The first-order valence-corrected chi connectivity index (χ1v) is 7.78. The van der Waals surface area contributed by atoms with Crippen LogP contribution in [0.5, 0.6) is 11.5 Å². The van der Waals surface area contributed by atoms with Gasteiger partial charge in [-0.3, -0.25) is 0 Å². The topological polar surface area (TPSA) is 30.5 Å². The fraction of sp³-hybridized carbons (Fsp3) is 0.250. The fourth-order valence-corrected chi connectivity index (χ4v) is 2.38. The number of hydrogen-bond acceptors (Lipinski definition) is 3. The molecule has 0 spiro atoms. The maximum Gasteiger partial charge on any atom is 0.124 e. The van der Waals surface area contributed by atoms with Gasteiger partial charge in [-0.25, -0.2) is 0 Å². The van der Waals surface area contributed by atoms with Crippen molar-refractivity contribution >= 4 is 27.5 Å². The van der Waals surface area contributed by atoms with Gasteiger partial charge in [-0.15, -0.1) is 0 Å². The molecule has 0 atom stereocenters. The lowest BCUT2D eigenvalue weighted by Crippen LogP contribution is -2.21. The molecule has 3 nitrogen and oxygen atoms in total. The van der Waals surface area contributed by atoms with E-state index in [1.165, 1.54) is 0 Å². The summed E-state index contributed by atoms with van der Waals surface area (Å²) in [5.74, 6) is 1.65. The first-order chi connectivity index (χ1) is 10.2. The van der Waals surface area contributed by atoms with Crippen LogP contribution < -0.4 is 14.8 Å².